The molecule has 98 valence electrons. The Bertz CT molecular complexity index is 615. The zero-order valence-electron chi connectivity index (χ0n) is 10.6. The first-order chi connectivity index (χ1) is 9.10. The molecular formula is C13H13ClN4O. The molecule has 0 aromatic carbocycles. The fourth-order valence-electron chi connectivity index (χ4n) is 1.65. The minimum absolute atomic E-state index is 0.225. The van der Waals surface area contributed by atoms with Gasteiger partial charge >= 0.3 is 0 Å². The molecule has 19 heavy (non-hydrogen) atoms. The smallest absolute Gasteiger partial charge is 0.257 e. The van der Waals surface area contributed by atoms with Gasteiger partial charge in [0.05, 0.1) is 17.0 Å². The highest BCUT2D eigenvalue weighted by molar-refractivity contribution is 6.29. The number of rotatable bonds is 3. The maximum absolute atomic E-state index is 12.2. The van der Waals surface area contributed by atoms with Crippen molar-refractivity contribution in [3.63, 3.8) is 0 Å². The molecule has 0 aliphatic rings. The molecule has 6 heteroatoms. The Morgan fingerprint density at radius 3 is 2.84 bits per heavy atom. The molecule has 2 rings (SSSR count). The van der Waals surface area contributed by atoms with Crippen molar-refractivity contribution >= 4 is 23.2 Å². The maximum Gasteiger partial charge on any atom is 0.257 e. The molecule has 0 radical (unpaired) electrons. The number of carbonyl (C=O) groups is 1. The van der Waals surface area contributed by atoms with Gasteiger partial charge in [-0.05, 0) is 31.5 Å². The summed E-state index contributed by atoms with van der Waals surface area (Å²) < 4.78 is 0. The van der Waals surface area contributed by atoms with Crippen LogP contribution in [0.25, 0.3) is 0 Å². The first-order valence-corrected chi connectivity index (χ1v) is 6.24. The second kappa shape index (κ2) is 5.75. The summed E-state index contributed by atoms with van der Waals surface area (Å²) in [6, 6.07) is 4.99. The van der Waals surface area contributed by atoms with E-state index in [2.05, 4.69) is 20.5 Å². The molecule has 0 atom stereocenters. The topological polar surface area (TPSA) is 67.8 Å². The molecule has 0 saturated heterocycles. The first-order valence-electron chi connectivity index (χ1n) is 5.86. The average molecular weight is 277 g/mol. The van der Waals surface area contributed by atoms with Crippen LogP contribution in [0.4, 0.5) is 5.69 Å². The van der Waals surface area contributed by atoms with Gasteiger partial charge in [0.25, 0.3) is 5.91 Å². The quantitative estimate of drug-likeness (QED) is 0.875. The van der Waals surface area contributed by atoms with Crippen molar-refractivity contribution in [1.82, 2.24) is 15.2 Å². The molecular weight excluding hydrogens is 264 g/mol. The van der Waals surface area contributed by atoms with Crippen LogP contribution >= 0.6 is 11.6 Å². The summed E-state index contributed by atoms with van der Waals surface area (Å²) in [4.78, 5) is 16.1. The van der Waals surface area contributed by atoms with Crippen LogP contribution < -0.4 is 5.32 Å². The zero-order valence-corrected chi connectivity index (χ0v) is 11.4. The number of nitrogens with zero attached hydrogens (tertiary/aromatic N) is 3. The summed E-state index contributed by atoms with van der Waals surface area (Å²) in [5, 5.41) is 11.1. The molecule has 2 aromatic rings. The van der Waals surface area contributed by atoms with E-state index < -0.39 is 0 Å². The van der Waals surface area contributed by atoms with E-state index in [4.69, 9.17) is 11.6 Å². The van der Waals surface area contributed by atoms with Crippen molar-refractivity contribution < 1.29 is 4.79 Å². The lowest BCUT2D eigenvalue weighted by molar-refractivity contribution is 0.102. The summed E-state index contributed by atoms with van der Waals surface area (Å²) in [6.45, 7) is 3.73. The van der Waals surface area contributed by atoms with Crippen molar-refractivity contribution in [2.75, 3.05) is 5.32 Å². The number of halogens is 1. The number of anilines is 1. The van der Waals surface area contributed by atoms with Crippen LogP contribution in [-0.2, 0) is 6.42 Å². The number of hydrogen-bond donors (Lipinski definition) is 1. The summed E-state index contributed by atoms with van der Waals surface area (Å²) >= 11 is 5.77. The summed E-state index contributed by atoms with van der Waals surface area (Å²) in [5.74, 6) is -0.225. The highest BCUT2D eigenvalue weighted by Crippen LogP contribution is 2.15. The van der Waals surface area contributed by atoms with Gasteiger partial charge in [-0.1, -0.05) is 18.5 Å². The molecule has 0 unspecified atom stereocenters. The molecule has 2 heterocycles. The Morgan fingerprint density at radius 1 is 1.37 bits per heavy atom. The predicted octanol–water partition coefficient (Wildman–Crippen LogP) is 2.65. The number of nitrogens with one attached hydrogen (secondary N) is 1. The van der Waals surface area contributed by atoms with E-state index in [9.17, 15) is 4.79 Å². The molecule has 0 aliphatic carbocycles. The number of pyridine rings is 1. The van der Waals surface area contributed by atoms with Gasteiger partial charge < -0.3 is 5.32 Å². The lowest BCUT2D eigenvalue weighted by Crippen LogP contribution is -2.16. The lowest BCUT2D eigenvalue weighted by Gasteiger charge is -2.08. The lowest BCUT2D eigenvalue weighted by atomic mass is 10.1. The maximum atomic E-state index is 12.2. The van der Waals surface area contributed by atoms with E-state index >= 15 is 0 Å². The first kappa shape index (κ1) is 13.4. The minimum atomic E-state index is -0.225. The van der Waals surface area contributed by atoms with Crippen molar-refractivity contribution in [3.05, 3.63) is 46.5 Å². The van der Waals surface area contributed by atoms with E-state index in [1.54, 1.807) is 25.1 Å². The summed E-state index contributed by atoms with van der Waals surface area (Å²) in [7, 11) is 0. The molecule has 2 aromatic heterocycles. The van der Waals surface area contributed by atoms with Gasteiger partial charge in [-0.3, -0.25) is 4.79 Å². The second-order valence-electron chi connectivity index (χ2n) is 4.02. The van der Waals surface area contributed by atoms with Crippen LogP contribution in [0, 0.1) is 6.92 Å². The van der Waals surface area contributed by atoms with Crippen LogP contribution in [0.2, 0.25) is 5.15 Å². The van der Waals surface area contributed by atoms with Gasteiger partial charge in [0.2, 0.25) is 0 Å². The largest absolute Gasteiger partial charge is 0.322 e. The predicted molar refractivity (Wildman–Crippen MR) is 73.3 cm³/mol. The van der Waals surface area contributed by atoms with E-state index in [1.807, 2.05) is 6.92 Å². The Balaban J connectivity index is 2.27. The Morgan fingerprint density at radius 2 is 2.16 bits per heavy atom. The SMILES string of the molecule is CCc1nnc(C)cc1C(=O)Nc1ccnc(Cl)c1. The average Bonchev–Trinajstić information content (AvgIpc) is 2.38. The number of amides is 1. The van der Waals surface area contributed by atoms with E-state index in [1.165, 1.54) is 6.20 Å². The molecule has 1 N–H and O–H groups in total. The number of aryl methyl sites for hydroxylation is 2. The molecule has 0 fully saturated rings. The van der Waals surface area contributed by atoms with E-state index in [0.29, 0.717) is 34.2 Å². The summed E-state index contributed by atoms with van der Waals surface area (Å²) in [5.41, 5.74) is 2.50. The van der Waals surface area contributed by atoms with Crippen LogP contribution in [0.15, 0.2) is 24.4 Å². The Hall–Kier alpha value is -2.01. The molecule has 1 amide bonds. The Labute approximate surface area is 116 Å². The highest BCUT2D eigenvalue weighted by Gasteiger charge is 2.13. The minimum Gasteiger partial charge on any atom is -0.322 e. The fraction of sp³-hybridized carbons (Fsp3) is 0.231. The van der Waals surface area contributed by atoms with Gasteiger partial charge in [0, 0.05) is 11.9 Å². The molecule has 0 bridgehead atoms. The third kappa shape index (κ3) is 3.26. The molecule has 5 nitrogen and oxygen atoms in total. The molecule has 0 aliphatic heterocycles. The van der Waals surface area contributed by atoms with Gasteiger partial charge in [0.1, 0.15) is 5.15 Å². The van der Waals surface area contributed by atoms with Crippen LogP contribution in [0.1, 0.15) is 28.7 Å². The fourth-order valence-corrected chi connectivity index (χ4v) is 1.82. The van der Waals surface area contributed by atoms with Gasteiger partial charge in [-0.15, -0.1) is 0 Å². The number of carbonyl (C=O) groups excluding carboxylic acids is 1. The summed E-state index contributed by atoms with van der Waals surface area (Å²) in [6.07, 6.45) is 2.18. The molecule has 0 saturated carbocycles. The number of hydrogen-bond acceptors (Lipinski definition) is 4. The van der Waals surface area contributed by atoms with Crippen LogP contribution in [-0.4, -0.2) is 21.1 Å². The van der Waals surface area contributed by atoms with Gasteiger partial charge in [-0.25, -0.2) is 4.98 Å². The highest BCUT2D eigenvalue weighted by atomic mass is 35.5. The monoisotopic (exact) mass is 276 g/mol. The van der Waals surface area contributed by atoms with Crippen molar-refractivity contribution in [2.45, 2.75) is 20.3 Å². The third-order valence-corrected chi connectivity index (χ3v) is 2.76. The van der Waals surface area contributed by atoms with E-state index in [-0.39, 0.29) is 5.91 Å². The van der Waals surface area contributed by atoms with Gasteiger partial charge in [0.15, 0.2) is 0 Å². The van der Waals surface area contributed by atoms with E-state index in [0.717, 1.165) is 0 Å². The van der Waals surface area contributed by atoms with Crippen LogP contribution in [0.3, 0.4) is 0 Å². The second-order valence-corrected chi connectivity index (χ2v) is 4.41. The molecule has 0 spiro atoms. The van der Waals surface area contributed by atoms with Crippen LogP contribution in [0.5, 0.6) is 0 Å². The third-order valence-electron chi connectivity index (χ3n) is 2.56. The normalized spacial score (nSPS) is 10.3. The van der Waals surface area contributed by atoms with Crippen molar-refractivity contribution in [3.8, 4) is 0 Å². The van der Waals surface area contributed by atoms with Crippen molar-refractivity contribution in [2.24, 2.45) is 0 Å². The zero-order chi connectivity index (χ0) is 13.8. The number of aromatic nitrogens is 3. The Kier molecular flexibility index (Phi) is 4.06. The van der Waals surface area contributed by atoms with Crippen molar-refractivity contribution in [1.29, 1.82) is 0 Å². The standard InChI is InChI=1S/C13H13ClN4O/c1-3-11-10(6-8(2)17-18-11)13(19)16-9-4-5-15-12(14)7-9/h4-7H,3H2,1-2H3,(H,15,16,19). The van der Waals surface area contributed by atoms with Gasteiger partial charge in [-0.2, -0.15) is 10.2 Å².